The number of carbonyl (C=O) groups excluding carboxylic acids is 1. The van der Waals surface area contributed by atoms with Crippen LogP contribution in [0.4, 0.5) is 5.69 Å². The molecule has 1 N–H and O–H groups in total. The Hall–Kier alpha value is -3.44. The molecule has 0 spiro atoms. The van der Waals surface area contributed by atoms with E-state index in [1.165, 1.54) is 0 Å². The molecule has 5 heteroatoms. The smallest absolute Gasteiger partial charge is 0.255 e. The Kier molecular flexibility index (Phi) is 5.17. The van der Waals surface area contributed by atoms with E-state index >= 15 is 0 Å². The Bertz CT molecular complexity index is 1070. The molecule has 138 valence electrons. The number of aryl methyl sites for hydroxylation is 1. The number of para-hydroxylation sites is 1. The van der Waals surface area contributed by atoms with Gasteiger partial charge in [-0.1, -0.05) is 30.3 Å². The van der Waals surface area contributed by atoms with Gasteiger partial charge in [-0.15, -0.1) is 11.3 Å². The summed E-state index contributed by atoms with van der Waals surface area (Å²) in [5.74, 6) is 1.28. The number of carbonyl (C=O) groups is 1. The molecule has 1 heterocycles. The lowest BCUT2D eigenvalue weighted by Gasteiger charge is -2.08. The number of benzene rings is 3. The molecule has 0 atom stereocenters. The fourth-order valence-electron chi connectivity index (χ4n) is 2.72. The molecule has 0 saturated heterocycles. The van der Waals surface area contributed by atoms with Crippen LogP contribution in [0.15, 0.2) is 84.2 Å². The summed E-state index contributed by atoms with van der Waals surface area (Å²) in [7, 11) is 0. The largest absolute Gasteiger partial charge is 0.457 e. The first kappa shape index (κ1) is 17.9. The Morgan fingerprint density at radius 2 is 1.57 bits per heavy atom. The Morgan fingerprint density at radius 1 is 0.893 bits per heavy atom. The van der Waals surface area contributed by atoms with Gasteiger partial charge in [0.15, 0.2) is 0 Å². The van der Waals surface area contributed by atoms with Gasteiger partial charge in [-0.25, -0.2) is 4.98 Å². The lowest BCUT2D eigenvalue weighted by Crippen LogP contribution is -2.11. The minimum Gasteiger partial charge on any atom is -0.457 e. The first-order valence-corrected chi connectivity index (χ1v) is 9.72. The molecule has 0 aliphatic rings. The number of anilines is 1. The highest BCUT2D eigenvalue weighted by Crippen LogP contribution is 2.24. The third-order valence-corrected chi connectivity index (χ3v) is 4.93. The van der Waals surface area contributed by atoms with Gasteiger partial charge in [0.1, 0.15) is 11.5 Å². The summed E-state index contributed by atoms with van der Waals surface area (Å²) in [5, 5.41) is 5.98. The molecule has 1 aromatic heterocycles. The highest BCUT2D eigenvalue weighted by molar-refractivity contribution is 7.09. The van der Waals surface area contributed by atoms with Gasteiger partial charge in [-0.2, -0.15) is 0 Å². The van der Waals surface area contributed by atoms with Gasteiger partial charge < -0.3 is 10.1 Å². The zero-order chi connectivity index (χ0) is 19.3. The fourth-order valence-corrected chi connectivity index (χ4v) is 3.34. The fraction of sp³-hybridized carbons (Fsp3) is 0.0435. The first-order valence-electron chi connectivity index (χ1n) is 8.84. The second-order valence-corrected chi connectivity index (χ2v) is 7.28. The molecule has 0 bridgehead atoms. The van der Waals surface area contributed by atoms with Crippen LogP contribution in [0.25, 0.3) is 11.3 Å². The van der Waals surface area contributed by atoms with E-state index in [0.717, 1.165) is 27.7 Å². The van der Waals surface area contributed by atoms with Gasteiger partial charge in [0.2, 0.25) is 0 Å². The van der Waals surface area contributed by atoms with Gasteiger partial charge >= 0.3 is 0 Å². The van der Waals surface area contributed by atoms with Crippen molar-refractivity contribution in [2.45, 2.75) is 6.92 Å². The molecule has 0 aliphatic heterocycles. The molecule has 3 aromatic carbocycles. The third-order valence-electron chi connectivity index (χ3n) is 4.15. The zero-order valence-electron chi connectivity index (χ0n) is 15.3. The van der Waals surface area contributed by atoms with Gasteiger partial charge in [-0.3, -0.25) is 4.79 Å². The maximum absolute atomic E-state index is 12.5. The van der Waals surface area contributed by atoms with Crippen molar-refractivity contribution in [3.63, 3.8) is 0 Å². The Morgan fingerprint density at radius 3 is 2.21 bits per heavy atom. The third kappa shape index (κ3) is 4.27. The van der Waals surface area contributed by atoms with E-state index in [9.17, 15) is 4.79 Å². The van der Waals surface area contributed by atoms with Gasteiger partial charge in [-0.05, 0) is 55.5 Å². The number of nitrogens with one attached hydrogen (secondary N) is 1. The maximum Gasteiger partial charge on any atom is 0.255 e. The van der Waals surface area contributed by atoms with Crippen molar-refractivity contribution in [1.29, 1.82) is 0 Å². The van der Waals surface area contributed by atoms with E-state index in [4.69, 9.17) is 4.74 Å². The van der Waals surface area contributed by atoms with Gasteiger partial charge in [0.25, 0.3) is 5.91 Å². The van der Waals surface area contributed by atoms with Crippen LogP contribution in [0.2, 0.25) is 0 Å². The summed E-state index contributed by atoms with van der Waals surface area (Å²) < 4.78 is 5.75. The predicted molar refractivity (Wildman–Crippen MR) is 113 cm³/mol. The average Bonchev–Trinajstić information content (AvgIpc) is 3.16. The highest BCUT2D eigenvalue weighted by atomic mass is 32.1. The summed E-state index contributed by atoms with van der Waals surface area (Å²) in [6.07, 6.45) is 0. The maximum atomic E-state index is 12.5. The van der Waals surface area contributed by atoms with Crippen LogP contribution in [-0.4, -0.2) is 10.9 Å². The molecular formula is C23H18N2O2S. The zero-order valence-corrected chi connectivity index (χ0v) is 16.1. The van der Waals surface area contributed by atoms with E-state index in [2.05, 4.69) is 10.3 Å². The quantitative estimate of drug-likeness (QED) is 0.447. The van der Waals surface area contributed by atoms with Crippen molar-refractivity contribution in [2.75, 3.05) is 5.32 Å². The number of aromatic nitrogens is 1. The predicted octanol–water partition coefficient (Wildman–Crippen LogP) is 6.16. The number of hydrogen-bond acceptors (Lipinski definition) is 4. The van der Waals surface area contributed by atoms with Crippen molar-refractivity contribution in [1.82, 2.24) is 4.98 Å². The normalized spacial score (nSPS) is 10.5. The van der Waals surface area contributed by atoms with Crippen molar-refractivity contribution in [3.05, 3.63) is 94.8 Å². The molecule has 4 nitrogen and oxygen atoms in total. The SMILES string of the molecule is Cc1nc(-c2ccc(NC(=O)c3ccc(Oc4ccccc4)cc3)cc2)cs1. The Labute approximate surface area is 167 Å². The van der Waals surface area contributed by atoms with E-state index in [1.54, 1.807) is 35.6 Å². The standard InChI is InChI=1S/C23H18N2O2S/c1-16-24-22(15-28-16)17-7-11-19(12-8-17)25-23(26)18-9-13-21(14-10-18)27-20-5-3-2-4-6-20/h2-15H,1H3,(H,25,26). The average molecular weight is 386 g/mol. The van der Waals surface area contributed by atoms with E-state index in [1.807, 2.05) is 66.9 Å². The molecule has 28 heavy (non-hydrogen) atoms. The van der Waals surface area contributed by atoms with Crippen molar-refractivity contribution < 1.29 is 9.53 Å². The lowest BCUT2D eigenvalue weighted by atomic mass is 10.1. The topological polar surface area (TPSA) is 51.2 Å². The number of amides is 1. The summed E-state index contributed by atoms with van der Waals surface area (Å²) in [6.45, 7) is 1.99. The number of hydrogen-bond donors (Lipinski definition) is 1. The monoisotopic (exact) mass is 386 g/mol. The Balaban J connectivity index is 1.40. The second-order valence-electron chi connectivity index (χ2n) is 6.22. The van der Waals surface area contributed by atoms with Crippen molar-refractivity contribution >= 4 is 22.9 Å². The molecule has 0 fully saturated rings. The molecule has 1 amide bonds. The molecule has 0 unspecified atom stereocenters. The molecule has 0 aliphatic carbocycles. The number of ether oxygens (including phenoxy) is 1. The highest BCUT2D eigenvalue weighted by Gasteiger charge is 2.08. The second kappa shape index (κ2) is 8.06. The minimum absolute atomic E-state index is 0.163. The minimum atomic E-state index is -0.163. The lowest BCUT2D eigenvalue weighted by molar-refractivity contribution is 0.102. The van der Waals surface area contributed by atoms with Crippen molar-refractivity contribution in [3.8, 4) is 22.8 Å². The number of nitrogens with zero attached hydrogens (tertiary/aromatic N) is 1. The van der Waals surface area contributed by atoms with E-state index < -0.39 is 0 Å². The molecule has 4 rings (SSSR count). The van der Waals surface area contributed by atoms with Gasteiger partial charge in [0, 0.05) is 22.2 Å². The number of rotatable bonds is 5. The molecule has 0 saturated carbocycles. The molecule has 0 radical (unpaired) electrons. The first-order chi connectivity index (χ1) is 13.7. The van der Waals surface area contributed by atoms with Gasteiger partial charge in [0.05, 0.1) is 10.7 Å². The summed E-state index contributed by atoms with van der Waals surface area (Å²) in [4.78, 5) is 17.0. The van der Waals surface area contributed by atoms with Crippen LogP contribution in [0.3, 0.4) is 0 Å². The van der Waals surface area contributed by atoms with Crippen LogP contribution >= 0.6 is 11.3 Å². The summed E-state index contributed by atoms with van der Waals surface area (Å²) in [5.41, 5.74) is 3.30. The molecular weight excluding hydrogens is 368 g/mol. The van der Waals surface area contributed by atoms with E-state index in [-0.39, 0.29) is 5.91 Å². The number of thiazole rings is 1. The van der Waals surface area contributed by atoms with Crippen LogP contribution in [0.5, 0.6) is 11.5 Å². The van der Waals surface area contributed by atoms with Crippen LogP contribution < -0.4 is 10.1 Å². The summed E-state index contributed by atoms with van der Waals surface area (Å²) in [6, 6.07) is 24.3. The van der Waals surface area contributed by atoms with Crippen LogP contribution in [0.1, 0.15) is 15.4 Å². The molecule has 4 aromatic rings. The van der Waals surface area contributed by atoms with Crippen LogP contribution in [0, 0.1) is 6.92 Å². The van der Waals surface area contributed by atoms with E-state index in [0.29, 0.717) is 11.3 Å². The van der Waals surface area contributed by atoms with Crippen LogP contribution in [-0.2, 0) is 0 Å². The summed E-state index contributed by atoms with van der Waals surface area (Å²) >= 11 is 1.62. The van der Waals surface area contributed by atoms with Crippen molar-refractivity contribution in [2.24, 2.45) is 0 Å².